The second-order valence-corrected chi connectivity index (χ2v) is 7.62. The molecular formula is C22H42N6O9. The molecule has 0 radical (unpaired) electrons. The minimum Gasteiger partial charge on any atom is -0.379 e. The van der Waals surface area contributed by atoms with Crippen molar-refractivity contribution in [3.63, 3.8) is 0 Å². The Morgan fingerprint density at radius 3 is 1.76 bits per heavy atom. The number of carbonyl (C=O) groups is 5. The largest absolute Gasteiger partial charge is 0.379 e. The highest BCUT2D eigenvalue weighted by molar-refractivity contribution is 5.91. The van der Waals surface area contributed by atoms with Gasteiger partial charge in [0, 0.05) is 19.6 Å². The van der Waals surface area contributed by atoms with Gasteiger partial charge in [0.25, 0.3) is 0 Å². The SMILES string of the molecule is CCCOCCOCCOCCOCCNC(=O)C(CCC(N)=O)NC(=O)CNC(=O)CNC(=O)CN. The van der Waals surface area contributed by atoms with Crippen molar-refractivity contribution in [2.75, 3.05) is 79.0 Å². The van der Waals surface area contributed by atoms with Gasteiger partial charge in [0.15, 0.2) is 0 Å². The van der Waals surface area contributed by atoms with Crippen molar-refractivity contribution in [3.8, 4) is 0 Å². The lowest BCUT2D eigenvalue weighted by Gasteiger charge is -2.18. The molecule has 15 nitrogen and oxygen atoms in total. The standard InChI is InChI=1S/C22H42N6O9/c1-2-6-34-8-10-36-12-13-37-11-9-35-7-5-25-22(33)17(3-4-18(24)29)28-21(32)16-27-20(31)15-26-19(30)14-23/h17H,2-16,23H2,1H3,(H2,24,29)(H,25,33)(H,26,30)(H,27,31)(H,28,32). The summed E-state index contributed by atoms with van der Waals surface area (Å²) >= 11 is 0. The van der Waals surface area contributed by atoms with Gasteiger partial charge in [-0.2, -0.15) is 0 Å². The number of nitrogens with two attached hydrogens (primary N) is 2. The van der Waals surface area contributed by atoms with Crippen molar-refractivity contribution in [3.05, 3.63) is 0 Å². The molecule has 214 valence electrons. The van der Waals surface area contributed by atoms with Gasteiger partial charge in [-0.25, -0.2) is 0 Å². The molecule has 0 spiro atoms. The van der Waals surface area contributed by atoms with Crippen LogP contribution in [0.25, 0.3) is 0 Å². The van der Waals surface area contributed by atoms with Crippen LogP contribution in [0.5, 0.6) is 0 Å². The van der Waals surface area contributed by atoms with E-state index in [1.54, 1.807) is 0 Å². The first-order valence-corrected chi connectivity index (χ1v) is 12.2. The molecule has 1 unspecified atom stereocenters. The van der Waals surface area contributed by atoms with Crippen LogP contribution in [0.1, 0.15) is 26.2 Å². The molecule has 1 atom stereocenters. The molecular weight excluding hydrogens is 492 g/mol. The fourth-order valence-electron chi connectivity index (χ4n) is 2.57. The molecule has 5 amide bonds. The Morgan fingerprint density at radius 2 is 1.22 bits per heavy atom. The predicted molar refractivity (Wildman–Crippen MR) is 132 cm³/mol. The Balaban J connectivity index is 4.07. The van der Waals surface area contributed by atoms with E-state index >= 15 is 0 Å². The van der Waals surface area contributed by atoms with Gasteiger partial charge in [-0.1, -0.05) is 6.92 Å². The Morgan fingerprint density at radius 1 is 0.703 bits per heavy atom. The molecule has 0 heterocycles. The van der Waals surface area contributed by atoms with E-state index in [9.17, 15) is 24.0 Å². The molecule has 0 saturated carbocycles. The Hall–Kier alpha value is -2.85. The Kier molecular flexibility index (Phi) is 21.7. The Bertz CT molecular complexity index is 681. The van der Waals surface area contributed by atoms with E-state index in [0.717, 1.165) is 13.0 Å². The van der Waals surface area contributed by atoms with Gasteiger partial charge in [0.2, 0.25) is 29.5 Å². The highest BCUT2D eigenvalue weighted by Crippen LogP contribution is 1.98. The van der Waals surface area contributed by atoms with Gasteiger partial charge in [-0.15, -0.1) is 0 Å². The molecule has 15 heteroatoms. The molecule has 0 aliphatic heterocycles. The summed E-state index contributed by atoms with van der Waals surface area (Å²) in [4.78, 5) is 58.3. The van der Waals surface area contributed by atoms with Crippen molar-refractivity contribution in [2.24, 2.45) is 11.5 Å². The molecule has 0 fully saturated rings. The average Bonchev–Trinajstić information content (AvgIpc) is 2.88. The first-order chi connectivity index (χ1) is 17.8. The third kappa shape index (κ3) is 22.1. The smallest absolute Gasteiger partial charge is 0.242 e. The first-order valence-electron chi connectivity index (χ1n) is 12.2. The summed E-state index contributed by atoms with van der Waals surface area (Å²) in [5, 5.41) is 9.60. The van der Waals surface area contributed by atoms with Crippen molar-refractivity contribution in [1.82, 2.24) is 21.3 Å². The van der Waals surface area contributed by atoms with Crippen LogP contribution in [0.2, 0.25) is 0 Å². The van der Waals surface area contributed by atoms with Gasteiger partial charge in [-0.05, 0) is 12.8 Å². The highest BCUT2D eigenvalue weighted by Gasteiger charge is 2.21. The van der Waals surface area contributed by atoms with Crippen LogP contribution in [-0.2, 0) is 42.9 Å². The zero-order valence-corrected chi connectivity index (χ0v) is 21.5. The quantitative estimate of drug-likeness (QED) is 0.0671. The van der Waals surface area contributed by atoms with Crippen LogP contribution >= 0.6 is 0 Å². The molecule has 0 aliphatic rings. The molecule has 0 rings (SSSR count). The summed E-state index contributed by atoms with van der Waals surface area (Å²) in [7, 11) is 0. The monoisotopic (exact) mass is 534 g/mol. The van der Waals surface area contributed by atoms with E-state index in [0.29, 0.717) is 39.6 Å². The molecule has 0 aliphatic carbocycles. The summed E-state index contributed by atoms with van der Waals surface area (Å²) in [6, 6.07) is -1.04. The maximum absolute atomic E-state index is 12.4. The summed E-state index contributed by atoms with van der Waals surface area (Å²) in [6.45, 7) is 4.74. The lowest BCUT2D eigenvalue weighted by Crippen LogP contribution is -2.51. The van der Waals surface area contributed by atoms with Gasteiger partial charge < -0.3 is 51.7 Å². The van der Waals surface area contributed by atoms with Crippen LogP contribution in [-0.4, -0.2) is 115 Å². The number of hydrogen-bond acceptors (Lipinski definition) is 10. The summed E-state index contributed by atoms with van der Waals surface area (Å²) in [5.41, 5.74) is 10.3. The summed E-state index contributed by atoms with van der Waals surface area (Å²) in [5.74, 6) is -2.95. The van der Waals surface area contributed by atoms with Gasteiger partial charge in [0.1, 0.15) is 6.04 Å². The Labute approximate surface area is 217 Å². The zero-order valence-electron chi connectivity index (χ0n) is 21.5. The van der Waals surface area contributed by atoms with E-state index in [-0.39, 0.29) is 39.1 Å². The van der Waals surface area contributed by atoms with Crippen LogP contribution in [0.15, 0.2) is 0 Å². The zero-order chi connectivity index (χ0) is 27.7. The van der Waals surface area contributed by atoms with Crippen LogP contribution in [0, 0.1) is 0 Å². The second kappa shape index (κ2) is 23.5. The third-order valence-electron chi connectivity index (χ3n) is 4.42. The van der Waals surface area contributed by atoms with E-state index < -0.39 is 42.1 Å². The van der Waals surface area contributed by atoms with Crippen molar-refractivity contribution >= 4 is 29.5 Å². The van der Waals surface area contributed by atoms with E-state index in [4.69, 9.17) is 30.4 Å². The molecule has 37 heavy (non-hydrogen) atoms. The fourth-order valence-corrected chi connectivity index (χ4v) is 2.57. The highest BCUT2D eigenvalue weighted by atomic mass is 16.6. The number of ether oxygens (including phenoxy) is 4. The van der Waals surface area contributed by atoms with Crippen LogP contribution in [0.4, 0.5) is 0 Å². The molecule has 0 aromatic heterocycles. The lowest BCUT2D eigenvalue weighted by atomic mass is 10.1. The van der Waals surface area contributed by atoms with Gasteiger partial charge >= 0.3 is 0 Å². The number of primary amides is 1. The molecule has 0 saturated heterocycles. The topological polar surface area (TPSA) is 222 Å². The van der Waals surface area contributed by atoms with Gasteiger partial charge in [0.05, 0.1) is 65.9 Å². The molecule has 8 N–H and O–H groups in total. The fraction of sp³-hybridized carbons (Fsp3) is 0.773. The lowest BCUT2D eigenvalue weighted by molar-refractivity contribution is -0.130. The second-order valence-electron chi connectivity index (χ2n) is 7.62. The molecule has 0 bridgehead atoms. The van der Waals surface area contributed by atoms with E-state index in [2.05, 4.69) is 21.3 Å². The van der Waals surface area contributed by atoms with E-state index in [1.807, 2.05) is 6.92 Å². The van der Waals surface area contributed by atoms with Crippen LogP contribution in [0.3, 0.4) is 0 Å². The number of carbonyl (C=O) groups excluding carboxylic acids is 5. The van der Waals surface area contributed by atoms with Gasteiger partial charge in [-0.3, -0.25) is 24.0 Å². The van der Waals surface area contributed by atoms with E-state index in [1.165, 1.54) is 0 Å². The normalized spacial score (nSPS) is 11.4. The number of rotatable bonds is 24. The molecule has 0 aromatic rings. The maximum Gasteiger partial charge on any atom is 0.242 e. The number of amides is 5. The number of hydrogen-bond donors (Lipinski definition) is 6. The predicted octanol–water partition coefficient (Wildman–Crippen LogP) is -3.48. The third-order valence-corrected chi connectivity index (χ3v) is 4.42. The van der Waals surface area contributed by atoms with Crippen molar-refractivity contribution < 1.29 is 42.9 Å². The summed E-state index contributed by atoms with van der Waals surface area (Å²) in [6.07, 6.45) is 0.828. The van der Waals surface area contributed by atoms with Crippen molar-refractivity contribution in [2.45, 2.75) is 32.2 Å². The molecule has 0 aromatic carbocycles. The average molecular weight is 535 g/mol. The summed E-state index contributed by atoms with van der Waals surface area (Å²) < 4.78 is 21.4. The first kappa shape index (κ1) is 34.1. The minimum absolute atomic E-state index is 0.0189. The maximum atomic E-state index is 12.4. The number of nitrogens with one attached hydrogen (secondary N) is 4. The minimum atomic E-state index is -1.04. The van der Waals surface area contributed by atoms with Crippen LogP contribution < -0.4 is 32.7 Å². The van der Waals surface area contributed by atoms with Crippen molar-refractivity contribution in [1.29, 1.82) is 0 Å².